The minimum absolute atomic E-state index is 0.0509. The molecule has 3 unspecified atom stereocenters. The van der Waals surface area contributed by atoms with Crippen molar-refractivity contribution >= 4 is 11.9 Å². The molecule has 0 fully saturated rings. The highest BCUT2D eigenvalue weighted by Crippen LogP contribution is 2.19. The van der Waals surface area contributed by atoms with E-state index in [0.717, 1.165) is 57.8 Å². The number of aliphatic hydroxyl groups is 2. The molecule has 0 spiro atoms. The molecule has 0 aromatic heterocycles. The molecule has 3 atom stereocenters. The van der Waals surface area contributed by atoms with Gasteiger partial charge in [0.2, 0.25) is 5.91 Å². The molecule has 3 N–H and O–H groups in total. The van der Waals surface area contributed by atoms with Gasteiger partial charge in [-0.25, -0.2) is 0 Å². The number of unbranched alkanes of at least 4 members (excludes halogenated alkanes) is 41. The van der Waals surface area contributed by atoms with Crippen LogP contribution in [0, 0.1) is 0 Å². The van der Waals surface area contributed by atoms with Crippen molar-refractivity contribution in [3.05, 3.63) is 24.3 Å². The number of allylic oxidation sites excluding steroid dienone is 4. The molecule has 0 aliphatic carbocycles. The molecule has 0 saturated heterocycles. The number of hydrogen-bond donors (Lipinski definition) is 3. The Morgan fingerprint density at radius 3 is 1.12 bits per heavy atom. The van der Waals surface area contributed by atoms with Gasteiger partial charge in [-0.2, -0.15) is 0 Å². The summed E-state index contributed by atoms with van der Waals surface area (Å²) in [7, 11) is 0. The summed E-state index contributed by atoms with van der Waals surface area (Å²) in [5.41, 5.74) is 0. The van der Waals surface area contributed by atoms with E-state index in [4.69, 9.17) is 4.74 Å². The Labute approximate surface area is 424 Å². The van der Waals surface area contributed by atoms with Crippen LogP contribution in [0.15, 0.2) is 24.3 Å². The number of nitrogens with one attached hydrogen (secondary N) is 1. The number of aliphatic hydroxyl groups excluding tert-OH is 2. The summed E-state index contributed by atoms with van der Waals surface area (Å²) in [6, 6.07) is -0.713. The SMILES string of the molecule is CCCCCCCCC/C=C/C=C/CCCC(CC(=O)NC(CO)C(O)CCCCCCCCCCCCCCCCCCC)OC(=O)CCCCCCCCCCCCCCCCCCCC. The van der Waals surface area contributed by atoms with E-state index in [9.17, 15) is 19.8 Å². The number of ether oxygens (including phenoxy) is 1. The summed E-state index contributed by atoms with van der Waals surface area (Å²) in [4.78, 5) is 26.3. The van der Waals surface area contributed by atoms with Gasteiger partial charge in [0.05, 0.1) is 25.2 Å². The Bertz CT molecular complexity index is 1080. The Balaban J connectivity index is 4.51. The van der Waals surface area contributed by atoms with Gasteiger partial charge in [0, 0.05) is 6.42 Å². The number of rotatable bonds is 56. The molecule has 1 amide bonds. The normalized spacial score (nSPS) is 13.2. The molecule has 68 heavy (non-hydrogen) atoms. The van der Waals surface area contributed by atoms with Crippen LogP contribution in [0.2, 0.25) is 0 Å². The van der Waals surface area contributed by atoms with E-state index in [1.807, 2.05) is 0 Å². The van der Waals surface area contributed by atoms with Crippen LogP contribution in [0.5, 0.6) is 0 Å². The fraction of sp³-hybridized carbons (Fsp3) is 0.903. The first-order chi connectivity index (χ1) is 33.5. The van der Waals surface area contributed by atoms with Gasteiger partial charge in [-0.15, -0.1) is 0 Å². The summed E-state index contributed by atoms with van der Waals surface area (Å²) < 4.78 is 5.95. The topological polar surface area (TPSA) is 95.9 Å². The molecular weight excluding hydrogens is 839 g/mol. The Hall–Kier alpha value is -1.66. The molecule has 0 rings (SSSR count). The molecular formula is C62H119NO5. The highest BCUT2D eigenvalue weighted by molar-refractivity contribution is 5.77. The molecule has 0 heterocycles. The first-order valence-electron chi connectivity index (χ1n) is 30.6. The van der Waals surface area contributed by atoms with Crippen molar-refractivity contribution in [1.82, 2.24) is 5.32 Å². The molecule has 6 heteroatoms. The van der Waals surface area contributed by atoms with Crippen LogP contribution in [0.1, 0.15) is 335 Å². The van der Waals surface area contributed by atoms with Gasteiger partial charge in [0.1, 0.15) is 6.10 Å². The van der Waals surface area contributed by atoms with Crippen LogP contribution in [0.3, 0.4) is 0 Å². The predicted octanol–water partition coefficient (Wildman–Crippen LogP) is 19.0. The second kappa shape index (κ2) is 56.3. The first kappa shape index (κ1) is 66.3. The van der Waals surface area contributed by atoms with Crippen LogP contribution in [-0.4, -0.2) is 46.9 Å². The van der Waals surface area contributed by atoms with Crippen molar-refractivity contribution in [1.29, 1.82) is 0 Å². The van der Waals surface area contributed by atoms with E-state index >= 15 is 0 Å². The van der Waals surface area contributed by atoms with Gasteiger partial charge in [0.15, 0.2) is 0 Å². The molecule has 0 bridgehead atoms. The van der Waals surface area contributed by atoms with Gasteiger partial charge in [-0.1, -0.05) is 302 Å². The monoisotopic (exact) mass is 958 g/mol. The minimum atomic E-state index is -0.796. The van der Waals surface area contributed by atoms with Crippen molar-refractivity contribution < 1.29 is 24.5 Å². The summed E-state index contributed by atoms with van der Waals surface area (Å²) in [5.74, 6) is -0.499. The summed E-state index contributed by atoms with van der Waals surface area (Å²) >= 11 is 0. The Morgan fingerprint density at radius 1 is 0.426 bits per heavy atom. The van der Waals surface area contributed by atoms with Crippen LogP contribution >= 0.6 is 0 Å². The summed E-state index contributed by atoms with van der Waals surface area (Å²) in [5, 5.41) is 23.9. The maximum absolute atomic E-state index is 13.3. The lowest BCUT2D eigenvalue weighted by atomic mass is 10.0. The number of carbonyl (C=O) groups excluding carboxylic acids is 2. The molecule has 0 aliphatic heterocycles. The van der Waals surface area contributed by atoms with E-state index in [1.54, 1.807) is 0 Å². The Kier molecular flexibility index (Phi) is 54.9. The summed E-state index contributed by atoms with van der Waals surface area (Å²) in [6.07, 6.45) is 66.9. The summed E-state index contributed by atoms with van der Waals surface area (Å²) in [6.45, 7) is 6.52. The number of esters is 1. The second-order valence-electron chi connectivity index (χ2n) is 21.1. The van der Waals surface area contributed by atoms with E-state index in [1.165, 1.54) is 231 Å². The third-order valence-electron chi connectivity index (χ3n) is 14.3. The third kappa shape index (κ3) is 50.7. The average Bonchev–Trinajstić information content (AvgIpc) is 3.33. The van der Waals surface area contributed by atoms with E-state index in [-0.39, 0.29) is 24.9 Å². The van der Waals surface area contributed by atoms with Crippen molar-refractivity contribution in [3.63, 3.8) is 0 Å². The van der Waals surface area contributed by atoms with E-state index in [0.29, 0.717) is 19.3 Å². The van der Waals surface area contributed by atoms with Crippen molar-refractivity contribution in [2.75, 3.05) is 6.61 Å². The number of hydrogen-bond acceptors (Lipinski definition) is 5. The highest BCUT2D eigenvalue weighted by atomic mass is 16.5. The first-order valence-corrected chi connectivity index (χ1v) is 30.6. The number of carbonyl (C=O) groups is 2. The van der Waals surface area contributed by atoms with Gasteiger partial charge in [0.25, 0.3) is 0 Å². The fourth-order valence-electron chi connectivity index (χ4n) is 9.67. The van der Waals surface area contributed by atoms with Crippen LogP contribution < -0.4 is 5.32 Å². The molecule has 0 aliphatic rings. The Morgan fingerprint density at radius 2 is 0.750 bits per heavy atom. The fourth-order valence-corrected chi connectivity index (χ4v) is 9.67. The lowest BCUT2D eigenvalue weighted by molar-refractivity contribution is -0.151. The van der Waals surface area contributed by atoms with Gasteiger partial charge in [-0.05, 0) is 44.9 Å². The standard InChI is InChI=1S/C62H119NO5/c1-4-7-10-13-16-19-22-25-28-30-32-34-37-40-43-46-49-52-55-62(67)68-58(53-50-47-44-41-38-35-27-24-21-18-15-12-9-6-3)56-61(66)63-59(57-64)60(65)54-51-48-45-42-39-36-33-31-29-26-23-20-17-14-11-8-5-2/h35,38,41,44,58-60,64-65H,4-34,36-37,39-40,42-43,45-57H2,1-3H3,(H,63,66)/b38-35+,44-41+. The molecule has 6 nitrogen and oxygen atoms in total. The molecule has 0 radical (unpaired) electrons. The van der Waals surface area contributed by atoms with Crippen LogP contribution in [-0.2, 0) is 14.3 Å². The lowest BCUT2D eigenvalue weighted by Gasteiger charge is -2.24. The van der Waals surface area contributed by atoms with Crippen molar-refractivity contribution in [2.45, 2.75) is 354 Å². The zero-order valence-electron chi connectivity index (χ0n) is 46.0. The third-order valence-corrected chi connectivity index (χ3v) is 14.3. The van der Waals surface area contributed by atoms with Crippen LogP contribution in [0.4, 0.5) is 0 Å². The van der Waals surface area contributed by atoms with Gasteiger partial charge in [-0.3, -0.25) is 9.59 Å². The smallest absolute Gasteiger partial charge is 0.306 e. The quantitative estimate of drug-likeness (QED) is 0.0321. The largest absolute Gasteiger partial charge is 0.462 e. The minimum Gasteiger partial charge on any atom is -0.462 e. The molecule has 402 valence electrons. The molecule has 0 saturated carbocycles. The number of amides is 1. The van der Waals surface area contributed by atoms with Crippen molar-refractivity contribution in [3.8, 4) is 0 Å². The van der Waals surface area contributed by atoms with Gasteiger partial charge < -0.3 is 20.3 Å². The van der Waals surface area contributed by atoms with E-state index in [2.05, 4.69) is 50.4 Å². The van der Waals surface area contributed by atoms with E-state index < -0.39 is 18.2 Å². The molecule has 0 aromatic rings. The van der Waals surface area contributed by atoms with Gasteiger partial charge >= 0.3 is 5.97 Å². The predicted molar refractivity (Wildman–Crippen MR) is 296 cm³/mol. The lowest BCUT2D eigenvalue weighted by Crippen LogP contribution is -2.46. The zero-order chi connectivity index (χ0) is 49.5. The van der Waals surface area contributed by atoms with Crippen LogP contribution in [0.25, 0.3) is 0 Å². The second-order valence-corrected chi connectivity index (χ2v) is 21.1. The van der Waals surface area contributed by atoms with Crippen molar-refractivity contribution in [2.24, 2.45) is 0 Å². The average molecular weight is 959 g/mol. The highest BCUT2D eigenvalue weighted by Gasteiger charge is 2.24. The maximum atomic E-state index is 13.3. The zero-order valence-corrected chi connectivity index (χ0v) is 46.0. The maximum Gasteiger partial charge on any atom is 0.306 e. The molecule has 0 aromatic carbocycles.